The van der Waals surface area contributed by atoms with Crippen molar-refractivity contribution < 1.29 is 4.79 Å². The number of aryl methyl sites for hydroxylation is 1. The van der Waals surface area contributed by atoms with Crippen molar-refractivity contribution in [3.8, 4) is 0 Å². The second kappa shape index (κ2) is 9.05. The molecule has 1 N–H and O–H groups in total. The van der Waals surface area contributed by atoms with E-state index in [1.807, 2.05) is 36.4 Å². The van der Waals surface area contributed by atoms with Gasteiger partial charge in [0.05, 0.1) is 12.3 Å². The number of hydrogen-bond acceptors (Lipinski definition) is 5. The van der Waals surface area contributed by atoms with E-state index >= 15 is 0 Å². The molecule has 4 rings (SSSR count). The highest BCUT2D eigenvalue weighted by Gasteiger charge is 2.21. The first-order valence-corrected chi connectivity index (χ1v) is 11.1. The standard InChI is InChI=1S/C22H20ClN5O3S/c1-26-19-18(20(30)27(2)22(26)31)28(12-14-8-6-7-11-16(14)23)21(25-19)32-13-17(29)24-15-9-4-3-5-10-15/h3-11H,12-13H2,1-2H3,(H,24,29). The second-order valence-electron chi connectivity index (χ2n) is 7.15. The van der Waals surface area contributed by atoms with Gasteiger partial charge in [-0.05, 0) is 23.8 Å². The van der Waals surface area contributed by atoms with Gasteiger partial charge in [-0.25, -0.2) is 9.78 Å². The number of imidazole rings is 1. The summed E-state index contributed by atoms with van der Waals surface area (Å²) in [5.74, 6) is -0.131. The topological polar surface area (TPSA) is 90.9 Å². The molecule has 0 aliphatic heterocycles. The summed E-state index contributed by atoms with van der Waals surface area (Å²) in [6.45, 7) is 0.270. The number of amides is 1. The first-order chi connectivity index (χ1) is 15.4. The minimum absolute atomic E-state index is 0.0784. The Kier molecular flexibility index (Phi) is 6.20. The van der Waals surface area contributed by atoms with Crippen molar-refractivity contribution in [2.24, 2.45) is 14.1 Å². The number of carbonyl (C=O) groups is 1. The molecule has 0 saturated heterocycles. The molecule has 0 fully saturated rings. The molecular formula is C22H20ClN5O3S. The van der Waals surface area contributed by atoms with Gasteiger partial charge in [0.2, 0.25) is 5.91 Å². The number of rotatable bonds is 6. The maximum Gasteiger partial charge on any atom is 0.332 e. The van der Waals surface area contributed by atoms with E-state index in [1.165, 1.54) is 23.4 Å². The third-order valence-electron chi connectivity index (χ3n) is 4.99. The van der Waals surface area contributed by atoms with Crippen LogP contribution in [0.1, 0.15) is 5.56 Å². The van der Waals surface area contributed by atoms with Crippen LogP contribution in [0.25, 0.3) is 11.2 Å². The zero-order valence-corrected chi connectivity index (χ0v) is 19.0. The van der Waals surface area contributed by atoms with Crippen LogP contribution in [-0.4, -0.2) is 30.3 Å². The number of hydrogen-bond donors (Lipinski definition) is 1. The first kappa shape index (κ1) is 21.9. The molecule has 0 unspecified atom stereocenters. The fraction of sp³-hybridized carbons (Fsp3) is 0.182. The molecule has 2 aromatic carbocycles. The lowest BCUT2D eigenvalue weighted by atomic mass is 10.2. The minimum atomic E-state index is -0.469. The van der Waals surface area contributed by atoms with Crippen molar-refractivity contribution in [3.05, 3.63) is 86.0 Å². The maximum absolute atomic E-state index is 13.0. The van der Waals surface area contributed by atoms with Crippen LogP contribution in [0, 0.1) is 0 Å². The highest BCUT2D eigenvalue weighted by molar-refractivity contribution is 7.99. The Labute approximate surface area is 192 Å². The molecule has 8 nitrogen and oxygen atoms in total. The van der Waals surface area contributed by atoms with Gasteiger partial charge in [0.15, 0.2) is 16.3 Å². The molecule has 10 heteroatoms. The molecular weight excluding hydrogens is 450 g/mol. The summed E-state index contributed by atoms with van der Waals surface area (Å²) >= 11 is 7.53. The Morgan fingerprint density at radius 2 is 1.72 bits per heavy atom. The van der Waals surface area contributed by atoms with Gasteiger partial charge in [0.25, 0.3) is 5.56 Å². The molecule has 2 heterocycles. The van der Waals surface area contributed by atoms with Gasteiger partial charge in [-0.15, -0.1) is 0 Å². The average Bonchev–Trinajstić information content (AvgIpc) is 3.15. The SMILES string of the molecule is Cn1c(=O)c2c(nc(SCC(=O)Nc3ccccc3)n2Cc2ccccc2Cl)n(C)c1=O. The van der Waals surface area contributed by atoms with Crippen molar-refractivity contribution in [1.82, 2.24) is 18.7 Å². The molecule has 164 valence electrons. The number of aromatic nitrogens is 4. The highest BCUT2D eigenvalue weighted by atomic mass is 35.5. The summed E-state index contributed by atoms with van der Waals surface area (Å²) in [4.78, 5) is 42.3. The summed E-state index contributed by atoms with van der Waals surface area (Å²) < 4.78 is 4.08. The molecule has 0 bridgehead atoms. The molecule has 1 amide bonds. The minimum Gasteiger partial charge on any atom is -0.325 e. The van der Waals surface area contributed by atoms with Gasteiger partial charge < -0.3 is 9.88 Å². The molecule has 4 aromatic rings. The van der Waals surface area contributed by atoms with Gasteiger partial charge >= 0.3 is 5.69 Å². The molecule has 0 aliphatic rings. The molecule has 0 spiro atoms. The predicted molar refractivity (Wildman–Crippen MR) is 127 cm³/mol. The number of benzene rings is 2. The van der Waals surface area contributed by atoms with Crippen molar-refractivity contribution in [3.63, 3.8) is 0 Å². The van der Waals surface area contributed by atoms with Crippen molar-refractivity contribution >= 4 is 46.1 Å². The number of nitrogens with one attached hydrogen (secondary N) is 1. The van der Waals surface area contributed by atoms with Crippen LogP contribution in [-0.2, 0) is 25.4 Å². The molecule has 0 saturated carbocycles. The van der Waals surface area contributed by atoms with Gasteiger partial charge in [-0.2, -0.15) is 0 Å². The fourth-order valence-corrected chi connectivity index (χ4v) is 4.32. The van der Waals surface area contributed by atoms with Crippen molar-refractivity contribution in [2.45, 2.75) is 11.7 Å². The Bertz CT molecular complexity index is 1430. The second-order valence-corrected chi connectivity index (χ2v) is 8.50. The third kappa shape index (κ3) is 4.21. The zero-order valence-electron chi connectivity index (χ0n) is 17.4. The Balaban J connectivity index is 1.74. The van der Waals surface area contributed by atoms with Crippen LogP contribution >= 0.6 is 23.4 Å². The summed E-state index contributed by atoms with van der Waals surface area (Å²) in [6, 6.07) is 16.4. The van der Waals surface area contributed by atoms with E-state index in [1.54, 1.807) is 29.8 Å². The van der Waals surface area contributed by atoms with Crippen LogP contribution in [0.3, 0.4) is 0 Å². The maximum atomic E-state index is 13.0. The lowest BCUT2D eigenvalue weighted by molar-refractivity contribution is -0.113. The summed E-state index contributed by atoms with van der Waals surface area (Å²) in [5, 5.41) is 3.82. The Morgan fingerprint density at radius 1 is 1.03 bits per heavy atom. The van der Waals surface area contributed by atoms with Crippen molar-refractivity contribution in [1.29, 1.82) is 0 Å². The molecule has 0 aliphatic carbocycles. The fourth-order valence-electron chi connectivity index (χ4n) is 3.33. The number of thioether (sulfide) groups is 1. The third-order valence-corrected chi connectivity index (χ3v) is 6.33. The van der Waals surface area contributed by atoms with Crippen molar-refractivity contribution in [2.75, 3.05) is 11.1 Å². The lowest BCUT2D eigenvalue weighted by Crippen LogP contribution is -2.37. The van der Waals surface area contributed by atoms with E-state index in [4.69, 9.17) is 11.6 Å². The highest BCUT2D eigenvalue weighted by Crippen LogP contribution is 2.25. The van der Waals surface area contributed by atoms with Gasteiger partial charge in [-0.3, -0.25) is 18.7 Å². The number of anilines is 1. The quantitative estimate of drug-likeness (QED) is 0.438. The van der Waals surface area contributed by atoms with Crippen LogP contribution in [0.2, 0.25) is 5.02 Å². The monoisotopic (exact) mass is 469 g/mol. The molecule has 0 radical (unpaired) electrons. The smallest absolute Gasteiger partial charge is 0.325 e. The van der Waals surface area contributed by atoms with Gasteiger partial charge in [-0.1, -0.05) is 59.8 Å². The summed E-state index contributed by atoms with van der Waals surface area (Å²) in [7, 11) is 2.99. The Morgan fingerprint density at radius 3 is 2.44 bits per heavy atom. The van der Waals surface area contributed by atoms with E-state index in [2.05, 4.69) is 10.3 Å². The van der Waals surface area contributed by atoms with Crippen LogP contribution < -0.4 is 16.6 Å². The van der Waals surface area contributed by atoms with E-state index in [-0.39, 0.29) is 29.4 Å². The normalized spacial score (nSPS) is 11.1. The summed E-state index contributed by atoms with van der Waals surface area (Å²) in [5.41, 5.74) is 1.10. The molecule has 2 aromatic heterocycles. The first-order valence-electron chi connectivity index (χ1n) is 9.74. The molecule has 0 atom stereocenters. The van der Waals surface area contributed by atoms with E-state index in [0.717, 1.165) is 10.1 Å². The zero-order chi connectivity index (χ0) is 22.8. The number of halogens is 1. The van der Waals surface area contributed by atoms with E-state index in [9.17, 15) is 14.4 Å². The number of carbonyl (C=O) groups excluding carboxylic acids is 1. The lowest BCUT2D eigenvalue weighted by Gasteiger charge is -2.11. The summed E-state index contributed by atoms with van der Waals surface area (Å²) in [6.07, 6.45) is 0. The van der Waals surface area contributed by atoms with E-state index in [0.29, 0.717) is 15.9 Å². The van der Waals surface area contributed by atoms with Gasteiger partial charge in [0.1, 0.15) is 0 Å². The number of nitrogens with zero attached hydrogens (tertiary/aromatic N) is 4. The number of para-hydroxylation sites is 1. The predicted octanol–water partition coefficient (Wildman–Crippen LogP) is 2.87. The number of fused-ring (bicyclic) bond motifs is 1. The average molecular weight is 470 g/mol. The molecule has 32 heavy (non-hydrogen) atoms. The van der Waals surface area contributed by atoms with Crippen LogP contribution in [0.4, 0.5) is 5.69 Å². The van der Waals surface area contributed by atoms with Crippen LogP contribution in [0.5, 0.6) is 0 Å². The van der Waals surface area contributed by atoms with Crippen LogP contribution in [0.15, 0.2) is 69.3 Å². The largest absolute Gasteiger partial charge is 0.332 e. The van der Waals surface area contributed by atoms with Gasteiger partial charge in [0, 0.05) is 24.8 Å². The Hall–Kier alpha value is -3.30. The van der Waals surface area contributed by atoms with E-state index < -0.39 is 11.2 Å².